The predicted octanol–water partition coefficient (Wildman–Crippen LogP) is 3.61. The van der Waals surface area contributed by atoms with Gasteiger partial charge in [0.25, 0.3) is 0 Å². The highest BCUT2D eigenvalue weighted by Gasteiger charge is 2.11. The zero-order chi connectivity index (χ0) is 13.5. The minimum atomic E-state index is 0.646. The van der Waals surface area contributed by atoms with Crippen LogP contribution < -0.4 is 0 Å². The molecule has 0 spiro atoms. The monoisotopic (exact) mass is 247 g/mol. The number of carbonyl (C=O) groups excluding carboxylic acids is 1. The van der Waals surface area contributed by atoms with Crippen molar-refractivity contribution in [3.05, 3.63) is 35.4 Å². The molecular formula is C16H25NO. The molecule has 1 aromatic carbocycles. The van der Waals surface area contributed by atoms with Crippen LogP contribution in [0.3, 0.4) is 0 Å². The molecule has 0 atom stereocenters. The number of benzene rings is 1. The van der Waals surface area contributed by atoms with Gasteiger partial charge in [0, 0.05) is 25.2 Å². The SMILES string of the molecule is CC(C)CN(Cc1ccccc1C=O)CC(C)C. The molecule has 0 bridgehead atoms. The summed E-state index contributed by atoms with van der Waals surface area (Å²) in [5.74, 6) is 1.29. The van der Waals surface area contributed by atoms with Gasteiger partial charge in [-0.05, 0) is 17.4 Å². The largest absolute Gasteiger partial charge is 0.299 e. The quantitative estimate of drug-likeness (QED) is 0.686. The fourth-order valence-electron chi connectivity index (χ4n) is 2.27. The fourth-order valence-corrected chi connectivity index (χ4v) is 2.27. The van der Waals surface area contributed by atoms with Gasteiger partial charge in [-0.2, -0.15) is 0 Å². The summed E-state index contributed by atoms with van der Waals surface area (Å²) in [5, 5.41) is 0. The Kier molecular flexibility index (Phi) is 6.06. The molecule has 0 aliphatic heterocycles. The standard InChI is InChI=1S/C16H25NO/c1-13(2)9-17(10-14(3)4)11-15-7-5-6-8-16(15)12-18/h5-8,12-14H,9-11H2,1-4H3. The van der Waals surface area contributed by atoms with Crippen LogP contribution in [0.2, 0.25) is 0 Å². The van der Waals surface area contributed by atoms with Gasteiger partial charge in [-0.1, -0.05) is 52.0 Å². The third-order valence-electron chi connectivity index (χ3n) is 2.82. The molecule has 0 unspecified atom stereocenters. The number of hydrogen-bond acceptors (Lipinski definition) is 2. The van der Waals surface area contributed by atoms with Crippen LogP contribution in [0.25, 0.3) is 0 Å². The van der Waals surface area contributed by atoms with E-state index in [0.717, 1.165) is 37.0 Å². The molecule has 0 heterocycles. The normalized spacial score (nSPS) is 11.5. The molecule has 0 N–H and O–H groups in total. The van der Waals surface area contributed by atoms with Crippen molar-refractivity contribution in [2.45, 2.75) is 34.2 Å². The van der Waals surface area contributed by atoms with E-state index < -0.39 is 0 Å². The first-order valence-corrected chi connectivity index (χ1v) is 6.78. The third-order valence-corrected chi connectivity index (χ3v) is 2.82. The van der Waals surface area contributed by atoms with Crippen molar-refractivity contribution >= 4 is 6.29 Å². The first kappa shape index (κ1) is 14.9. The second-order valence-electron chi connectivity index (χ2n) is 5.80. The summed E-state index contributed by atoms with van der Waals surface area (Å²) >= 11 is 0. The molecular weight excluding hydrogens is 222 g/mol. The summed E-state index contributed by atoms with van der Waals surface area (Å²) in [6.45, 7) is 12.0. The van der Waals surface area contributed by atoms with Gasteiger partial charge in [0.1, 0.15) is 6.29 Å². The van der Waals surface area contributed by atoms with Crippen molar-refractivity contribution in [2.24, 2.45) is 11.8 Å². The minimum absolute atomic E-state index is 0.646. The second kappa shape index (κ2) is 7.32. The molecule has 18 heavy (non-hydrogen) atoms. The van der Waals surface area contributed by atoms with Crippen molar-refractivity contribution in [1.82, 2.24) is 4.90 Å². The van der Waals surface area contributed by atoms with Gasteiger partial charge in [-0.25, -0.2) is 0 Å². The molecule has 0 amide bonds. The Morgan fingerprint density at radius 1 is 1.06 bits per heavy atom. The van der Waals surface area contributed by atoms with E-state index in [1.807, 2.05) is 18.2 Å². The van der Waals surface area contributed by atoms with Crippen LogP contribution in [0.5, 0.6) is 0 Å². The number of rotatable bonds is 7. The Bertz CT molecular complexity index is 361. The van der Waals surface area contributed by atoms with E-state index in [9.17, 15) is 4.79 Å². The van der Waals surface area contributed by atoms with E-state index in [1.54, 1.807) is 0 Å². The lowest BCUT2D eigenvalue weighted by Gasteiger charge is -2.26. The van der Waals surface area contributed by atoms with E-state index in [-0.39, 0.29) is 0 Å². The van der Waals surface area contributed by atoms with Crippen LogP contribution in [-0.4, -0.2) is 24.3 Å². The van der Waals surface area contributed by atoms with Gasteiger partial charge in [-0.3, -0.25) is 9.69 Å². The first-order valence-electron chi connectivity index (χ1n) is 6.78. The first-order chi connectivity index (χ1) is 8.52. The van der Waals surface area contributed by atoms with E-state index >= 15 is 0 Å². The molecule has 2 nitrogen and oxygen atoms in total. The zero-order valence-electron chi connectivity index (χ0n) is 12.0. The maximum absolute atomic E-state index is 11.0. The van der Waals surface area contributed by atoms with Crippen molar-refractivity contribution in [3.63, 3.8) is 0 Å². The number of hydrogen-bond donors (Lipinski definition) is 0. The molecule has 0 aliphatic rings. The van der Waals surface area contributed by atoms with Crippen LogP contribution in [-0.2, 0) is 6.54 Å². The lowest BCUT2D eigenvalue weighted by molar-refractivity contribution is 0.112. The molecule has 100 valence electrons. The second-order valence-corrected chi connectivity index (χ2v) is 5.80. The average Bonchev–Trinajstić information content (AvgIpc) is 2.27. The van der Waals surface area contributed by atoms with E-state index in [4.69, 9.17) is 0 Å². The van der Waals surface area contributed by atoms with Gasteiger partial charge in [0.2, 0.25) is 0 Å². The van der Waals surface area contributed by atoms with Crippen LogP contribution in [0.4, 0.5) is 0 Å². The van der Waals surface area contributed by atoms with Gasteiger partial charge >= 0.3 is 0 Å². The highest BCUT2D eigenvalue weighted by atomic mass is 16.1. The lowest BCUT2D eigenvalue weighted by Crippen LogP contribution is -2.31. The molecule has 0 saturated heterocycles. The molecule has 2 heteroatoms. The van der Waals surface area contributed by atoms with Crippen molar-refractivity contribution < 1.29 is 4.79 Å². The lowest BCUT2D eigenvalue weighted by atomic mass is 10.1. The molecule has 0 aromatic heterocycles. The fraction of sp³-hybridized carbons (Fsp3) is 0.562. The summed E-state index contributed by atoms with van der Waals surface area (Å²) < 4.78 is 0. The maximum Gasteiger partial charge on any atom is 0.150 e. The number of nitrogens with zero attached hydrogens (tertiary/aromatic N) is 1. The average molecular weight is 247 g/mol. The maximum atomic E-state index is 11.0. The molecule has 0 aliphatic carbocycles. The smallest absolute Gasteiger partial charge is 0.150 e. The molecule has 0 saturated carbocycles. The van der Waals surface area contributed by atoms with Crippen molar-refractivity contribution in [1.29, 1.82) is 0 Å². The zero-order valence-corrected chi connectivity index (χ0v) is 12.0. The highest BCUT2D eigenvalue weighted by molar-refractivity contribution is 5.77. The van der Waals surface area contributed by atoms with Gasteiger partial charge in [0.05, 0.1) is 0 Å². The Morgan fingerprint density at radius 3 is 2.11 bits per heavy atom. The Morgan fingerprint density at radius 2 is 1.61 bits per heavy atom. The van der Waals surface area contributed by atoms with Crippen LogP contribution in [0.1, 0.15) is 43.6 Å². The third kappa shape index (κ3) is 5.01. The summed E-state index contributed by atoms with van der Waals surface area (Å²) in [6, 6.07) is 7.87. The Balaban J connectivity index is 2.77. The summed E-state index contributed by atoms with van der Waals surface area (Å²) in [7, 11) is 0. The van der Waals surface area contributed by atoms with Crippen LogP contribution in [0, 0.1) is 11.8 Å². The van der Waals surface area contributed by atoms with Crippen LogP contribution in [0.15, 0.2) is 24.3 Å². The summed E-state index contributed by atoms with van der Waals surface area (Å²) in [6.07, 6.45) is 0.957. The van der Waals surface area contributed by atoms with Crippen LogP contribution >= 0.6 is 0 Å². The van der Waals surface area contributed by atoms with E-state index in [1.165, 1.54) is 0 Å². The van der Waals surface area contributed by atoms with Crippen molar-refractivity contribution in [2.75, 3.05) is 13.1 Å². The summed E-state index contributed by atoms with van der Waals surface area (Å²) in [5.41, 5.74) is 1.95. The Labute approximate surface area is 111 Å². The minimum Gasteiger partial charge on any atom is -0.299 e. The van der Waals surface area contributed by atoms with Crippen molar-refractivity contribution in [3.8, 4) is 0 Å². The summed E-state index contributed by atoms with van der Waals surface area (Å²) in [4.78, 5) is 13.5. The molecule has 1 aromatic rings. The van der Waals surface area contributed by atoms with Gasteiger partial charge in [-0.15, -0.1) is 0 Å². The number of aldehydes is 1. The molecule has 0 fully saturated rings. The number of carbonyl (C=O) groups is 1. The predicted molar refractivity (Wildman–Crippen MR) is 76.8 cm³/mol. The molecule has 1 rings (SSSR count). The highest BCUT2D eigenvalue weighted by Crippen LogP contribution is 2.13. The molecule has 0 radical (unpaired) electrons. The Hall–Kier alpha value is -1.15. The topological polar surface area (TPSA) is 20.3 Å². The van der Waals surface area contributed by atoms with E-state index in [2.05, 4.69) is 38.7 Å². The van der Waals surface area contributed by atoms with E-state index in [0.29, 0.717) is 11.8 Å². The van der Waals surface area contributed by atoms with Gasteiger partial charge < -0.3 is 0 Å². The van der Waals surface area contributed by atoms with Gasteiger partial charge in [0.15, 0.2) is 0 Å².